The van der Waals surface area contributed by atoms with Gasteiger partial charge < -0.3 is 5.11 Å². The summed E-state index contributed by atoms with van der Waals surface area (Å²) in [4.78, 5) is 10.9. The summed E-state index contributed by atoms with van der Waals surface area (Å²) >= 11 is 5.79. The van der Waals surface area contributed by atoms with Crippen LogP contribution in [0, 0.1) is 6.92 Å². The van der Waals surface area contributed by atoms with Crippen LogP contribution in [0.3, 0.4) is 0 Å². The van der Waals surface area contributed by atoms with E-state index in [1.807, 2.05) is 0 Å². The monoisotopic (exact) mass is 353 g/mol. The van der Waals surface area contributed by atoms with Crippen molar-refractivity contribution in [3.05, 3.63) is 28.3 Å². The lowest BCUT2D eigenvalue weighted by molar-refractivity contribution is 0.0696. The van der Waals surface area contributed by atoms with Gasteiger partial charge in [-0.1, -0.05) is 11.6 Å². The van der Waals surface area contributed by atoms with E-state index < -0.39 is 32.8 Å². The lowest BCUT2D eigenvalue weighted by Crippen LogP contribution is -2.36. The highest BCUT2D eigenvalue weighted by Crippen LogP contribution is 2.24. The molecule has 1 aromatic rings. The van der Waals surface area contributed by atoms with Crippen LogP contribution in [0.5, 0.6) is 0 Å². The number of carboxylic acids is 1. The first-order valence-electron chi connectivity index (χ1n) is 5.90. The number of hydrogen-bond acceptors (Lipinski definition) is 4. The van der Waals surface area contributed by atoms with Gasteiger partial charge in [-0.15, -0.1) is 0 Å². The first-order chi connectivity index (χ1) is 9.54. The number of hydrogen-bond donors (Lipinski definition) is 2. The molecule has 1 aromatic carbocycles. The van der Waals surface area contributed by atoms with Crippen LogP contribution >= 0.6 is 11.6 Å². The third-order valence-corrected chi connectivity index (χ3v) is 5.59. The van der Waals surface area contributed by atoms with Crippen LogP contribution in [-0.4, -0.2) is 41.8 Å². The third-order valence-electron chi connectivity index (χ3n) is 2.69. The maximum Gasteiger partial charge on any atom is 0.336 e. The first-order valence-corrected chi connectivity index (χ1v) is 9.49. The number of nitrogens with one attached hydrogen (secondary N) is 1. The van der Waals surface area contributed by atoms with Crippen molar-refractivity contribution >= 4 is 38.4 Å². The zero-order valence-corrected chi connectivity index (χ0v) is 14.1. The standard InChI is InChI=1S/C12H16ClNO5S2/c1-7(6-20(3)17)14-21(18,19)11-5-9(13)4-10(8(11)2)12(15)16/h4-5,7,14H,6H2,1-3H3,(H,15,16). The second kappa shape index (κ2) is 6.87. The fourth-order valence-electron chi connectivity index (χ4n) is 1.87. The van der Waals surface area contributed by atoms with Crippen LogP contribution in [0.25, 0.3) is 0 Å². The van der Waals surface area contributed by atoms with Crippen LogP contribution < -0.4 is 4.72 Å². The fraction of sp³-hybridized carbons (Fsp3) is 0.417. The van der Waals surface area contributed by atoms with E-state index in [4.69, 9.17) is 16.7 Å². The van der Waals surface area contributed by atoms with Crippen LogP contribution in [-0.2, 0) is 20.8 Å². The first kappa shape index (κ1) is 18.1. The molecule has 118 valence electrons. The molecule has 1 rings (SSSR count). The molecule has 2 atom stereocenters. The van der Waals surface area contributed by atoms with Crippen LogP contribution in [0.15, 0.2) is 17.0 Å². The molecule has 0 aliphatic rings. The van der Waals surface area contributed by atoms with Crippen molar-refractivity contribution in [3.63, 3.8) is 0 Å². The molecule has 0 saturated heterocycles. The van der Waals surface area contributed by atoms with Gasteiger partial charge in [0.15, 0.2) is 0 Å². The van der Waals surface area contributed by atoms with E-state index in [1.165, 1.54) is 25.3 Å². The normalized spacial score (nSPS) is 14.7. The van der Waals surface area contributed by atoms with E-state index in [0.29, 0.717) is 0 Å². The second-order valence-electron chi connectivity index (χ2n) is 4.64. The van der Waals surface area contributed by atoms with Crippen molar-refractivity contribution in [2.24, 2.45) is 0 Å². The summed E-state index contributed by atoms with van der Waals surface area (Å²) in [6.45, 7) is 2.98. The molecule has 2 N–H and O–H groups in total. The summed E-state index contributed by atoms with van der Waals surface area (Å²) in [6.07, 6.45) is 1.47. The van der Waals surface area contributed by atoms with E-state index in [0.717, 1.165) is 0 Å². The Labute approximate surface area is 131 Å². The van der Waals surface area contributed by atoms with Crippen LogP contribution in [0.4, 0.5) is 0 Å². The molecule has 0 amide bonds. The molecular weight excluding hydrogens is 338 g/mol. The lowest BCUT2D eigenvalue weighted by atomic mass is 10.1. The predicted molar refractivity (Wildman–Crippen MR) is 81.9 cm³/mol. The van der Waals surface area contributed by atoms with E-state index in [-0.39, 0.29) is 26.8 Å². The molecule has 2 unspecified atom stereocenters. The molecule has 0 bridgehead atoms. The Kier molecular flexibility index (Phi) is 5.92. The Hall–Kier alpha value is -0.960. The van der Waals surface area contributed by atoms with Crippen molar-refractivity contribution in [1.82, 2.24) is 4.72 Å². The van der Waals surface area contributed by atoms with E-state index in [9.17, 15) is 17.4 Å². The molecule has 0 aromatic heterocycles. The van der Waals surface area contributed by atoms with E-state index in [2.05, 4.69) is 4.72 Å². The highest BCUT2D eigenvalue weighted by molar-refractivity contribution is 7.89. The second-order valence-corrected chi connectivity index (χ2v) is 8.24. The zero-order valence-electron chi connectivity index (χ0n) is 11.7. The summed E-state index contributed by atoms with van der Waals surface area (Å²) in [5, 5.41) is 9.09. The fourth-order valence-corrected chi connectivity index (χ4v) is 4.58. The van der Waals surface area contributed by atoms with Crippen LogP contribution in [0.1, 0.15) is 22.8 Å². The van der Waals surface area contributed by atoms with Gasteiger partial charge in [0.1, 0.15) is 0 Å². The highest BCUT2D eigenvalue weighted by Gasteiger charge is 2.24. The topological polar surface area (TPSA) is 101 Å². The number of carbonyl (C=O) groups is 1. The minimum absolute atomic E-state index is 0.0186. The Balaban J connectivity index is 3.26. The Morgan fingerprint density at radius 1 is 1.48 bits per heavy atom. The summed E-state index contributed by atoms with van der Waals surface area (Å²) in [6, 6.07) is 1.84. The number of halogens is 1. The van der Waals surface area contributed by atoms with Crippen molar-refractivity contribution < 1.29 is 22.5 Å². The van der Waals surface area contributed by atoms with E-state index >= 15 is 0 Å². The Morgan fingerprint density at radius 2 is 2.05 bits per heavy atom. The van der Waals surface area contributed by atoms with Gasteiger partial charge in [-0.2, -0.15) is 0 Å². The average molecular weight is 354 g/mol. The molecule has 0 spiro atoms. The number of rotatable bonds is 6. The van der Waals surface area contributed by atoms with E-state index in [1.54, 1.807) is 6.92 Å². The quantitative estimate of drug-likeness (QED) is 0.804. The molecule has 6 nitrogen and oxygen atoms in total. The van der Waals surface area contributed by atoms with Gasteiger partial charge in [-0.25, -0.2) is 17.9 Å². The van der Waals surface area contributed by atoms with Crippen molar-refractivity contribution in [1.29, 1.82) is 0 Å². The van der Waals surface area contributed by atoms with Crippen molar-refractivity contribution in [2.45, 2.75) is 24.8 Å². The molecule has 0 radical (unpaired) electrons. The lowest BCUT2D eigenvalue weighted by Gasteiger charge is -2.15. The molecular formula is C12H16ClNO5S2. The van der Waals surface area contributed by atoms with Gasteiger partial charge in [-0.05, 0) is 31.5 Å². The molecule has 0 aliphatic carbocycles. The van der Waals surface area contributed by atoms with Crippen molar-refractivity contribution in [2.75, 3.05) is 12.0 Å². The van der Waals surface area contributed by atoms with Gasteiger partial charge in [0.05, 0.1) is 10.5 Å². The molecule has 0 saturated carbocycles. The highest BCUT2D eigenvalue weighted by atomic mass is 35.5. The predicted octanol–water partition coefficient (Wildman–Crippen LogP) is 1.39. The number of benzene rings is 1. The van der Waals surface area contributed by atoms with Gasteiger partial charge in [0, 0.05) is 33.9 Å². The SMILES string of the molecule is Cc1c(C(=O)O)cc(Cl)cc1S(=O)(=O)NC(C)CS(C)=O. The van der Waals surface area contributed by atoms with Gasteiger partial charge >= 0.3 is 5.97 Å². The molecule has 21 heavy (non-hydrogen) atoms. The minimum Gasteiger partial charge on any atom is -0.478 e. The summed E-state index contributed by atoms with van der Waals surface area (Å²) < 4.78 is 38.1. The Bertz CT molecular complexity index is 687. The smallest absolute Gasteiger partial charge is 0.336 e. The molecule has 9 heteroatoms. The van der Waals surface area contributed by atoms with Crippen molar-refractivity contribution in [3.8, 4) is 0 Å². The maximum absolute atomic E-state index is 12.3. The molecule has 0 fully saturated rings. The van der Waals surface area contributed by atoms with Gasteiger partial charge in [-0.3, -0.25) is 4.21 Å². The van der Waals surface area contributed by atoms with Crippen LogP contribution in [0.2, 0.25) is 5.02 Å². The number of sulfonamides is 1. The minimum atomic E-state index is -3.95. The maximum atomic E-state index is 12.3. The number of carboxylic acid groups (broad SMARTS) is 1. The van der Waals surface area contributed by atoms with Gasteiger partial charge in [0.2, 0.25) is 10.0 Å². The average Bonchev–Trinajstić information content (AvgIpc) is 2.29. The largest absolute Gasteiger partial charge is 0.478 e. The Morgan fingerprint density at radius 3 is 2.52 bits per heavy atom. The molecule has 0 heterocycles. The number of aromatic carboxylic acids is 1. The zero-order chi connectivity index (χ0) is 16.4. The third kappa shape index (κ3) is 4.77. The summed E-state index contributed by atoms with van der Waals surface area (Å²) in [5.41, 5.74) is -0.0705. The van der Waals surface area contributed by atoms with Gasteiger partial charge in [0.25, 0.3) is 0 Å². The summed E-state index contributed by atoms with van der Waals surface area (Å²) in [5.74, 6) is -1.10. The molecule has 0 aliphatic heterocycles. The summed E-state index contributed by atoms with van der Waals surface area (Å²) in [7, 11) is -5.10.